The number of hydrogen-bond acceptors (Lipinski definition) is 2. The Morgan fingerprint density at radius 1 is 1.29 bits per heavy atom. The normalized spacial score (nSPS) is 11.1. The predicted molar refractivity (Wildman–Crippen MR) is 59.1 cm³/mol. The van der Waals surface area contributed by atoms with E-state index in [9.17, 15) is 4.79 Å². The third kappa shape index (κ3) is 3.95. The van der Waals surface area contributed by atoms with Crippen molar-refractivity contribution in [2.75, 3.05) is 0 Å². The Morgan fingerprint density at radius 2 is 1.79 bits per heavy atom. The van der Waals surface area contributed by atoms with E-state index in [0.717, 1.165) is 32.1 Å². The smallest absolute Gasteiger partial charge is 0.330 e. The van der Waals surface area contributed by atoms with E-state index in [1.807, 2.05) is 0 Å². The highest BCUT2D eigenvalue weighted by Crippen LogP contribution is 2.28. The molecule has 0 spiro atoms. The summed E-state index contributed by atoms with van der Waals surface area (Å²) in [6.45, 7) is 9.72. The summed E-state index contributed by atoms with van der Waals surface area (Å²) in [5.41, 5.74) is -0.255. The summed E-state index contributed by atoms with van der Waals surface area (Å²) < 4.78 is 5.46. The molecule has 0 heterocycles. The van der Waals surface area contributed by atoms with E-state index >= 15 is 0 Å². The number of esters is 1. The number of hydrogen-bond donors (Lipinski definition) is 0. The molecule has 0 rings (SSSR count). The molecule has 0 N–H and O–H groups in total. The van der Waals surface area contributed by atoms with Crippen molar-refractivity contribution >= 4 is 5.97 Å². The number of carbonyl (C=O) groups excluding carboxylic acids is 1. The Bertz CT molecular complexity index is 179. The van der Waals surface area contributed by atoms with Crippen LogP contribution in [0.3, 0.4) is 0 Å². The zero-order chi connectivity index (χ0) is 11.0. The lowest BCUT2D eigenvalue weighted by Crippen LogP contribution is -2.33. The monoisotopic (exact) mass is 198 g/mol. The van der Waals surface area contributed by atoms with Crippen LogP contribution in [0.25, 0.3) is 0 Å². The van der Waals surface area contributed by atoms with Crippen LogP contribution in [0.15, 0.2) is 12.7 Å². The zero-order valence-corrected chi connectivity index (χ0v) is 9.64. The van der Waals surface area contributed by atoms with Gasteiger partial charge < -0.3 is 4.74 Å². The van der Waals surface area contributed by atoms with Gasteiger partial charge in [0.1, 0.15) is 5.60 Å². The average Bonchev–Trinajstić information content (AvgIpc) is 2.18. The summed E-state index contributed by atoms with van der Waals surface area (Å²) in [4.78, 5) is 11.2. The van der Waals surface area contributed by atoms with Crippen molar-refractivity contribution in [3.05, 3.63) is 12.7 Å². The number of ether oxygens (including phenoxy) is 1. The minimum absolute atomic E-state index is 0.255. The molecule has 0 aromatic heterocycles. The van der Waals surface area contributed by atoms with Gasteiger partial charge in [0.2, 0.25) is 0 Å². The first-order valence-electron chi connectivity index (χ1n) is 5.49. The van der Waals surface area contributed by atoms with Gasteiger partial charge in [-0.2, -0.15) is 0 Å². The molecule has 82 valence electrons. The molecular formula is C12H22O2. The lowest BCUT2D eigenvalue weighted by atomic mass is 9.90. The van der Waals surface area contributed by atoms with Gasteiger partial charge >= 0.3 is 5.97 Å². The first-order chi connectivity index (χ1) is 6.64. The topological polar surface area (TPSA) is 26.3 Å². The van der Waals surface area contributed by atoms with Gasteiger partial charge in [-0.3, -0.25) is 0 Å². The van der Waals surface area contributed by atoms with Crippen LogP contribution < -0.4 is 0 Å². The molecule has 0 amide bonds. The molecule has 0 unspecified atom stereocenters. The number of rotatable bonds is 7. The molecule has 0 aromatic carbocycles. The summed E-state index contributed by atoms with van der Waals surface area (Å²) in [7, 11) is 0. The van der Waals surface area contributed by atoms with Crippen molar-refractivity contribution in [1.29, 1.82) is 0 Å². The maximum Gasteiger partial charge on any atom is 0.330 e. The quantitative estimate of drug-likeness (QED) is 0.462. The molecule has 2 heteroatoms. The lowest BCUT2D eigenvalue weighted by Gasteiger charge is -2.31. The minimum Gasteiger partial charge on any atom is -0.456 e. The zero-order valence-electron chi connectivity index (χ0n) is 9.64. The van der Waals surface area contributed by atoms with Crippen LogP contribution in [-0.2, 0) is 9.53 Å². The molecule has 0 aliphatic carbocycles. The second-order valence-electron chi connectivity index (χ2n) is 3.66. The van der Waals surface area contributed by atoms with Crippen LogP contribution in [0.4, 0.5) is 0 Å². The van der Waals surface area contributed by atoms with E-state index in [2.05, 4.69) is 27.4 Å². The van der Waals surface area contributed by atoms with E-state index in [1.165, 1.54) is 6.08 Å². The Kier molecular flexibility index (Phi) is 6.26. The molecular weight excluding hydrogens is 176 g/mol. The van der Waals surface area contributed by atoms with Crippen LogP contribution in [0, 0.1) is 0 Å². The third-order valence-electron chi connectivity index (χ3n) is 2.54. The summed E-state index contributed by atoms with van der Waals surface area (Å²) >= 11 is 0. The van der Waals surface area contributed by atoms with Crippen molar-refractivity contribution in [2.45, 2.75) is 58.5 Å². The summed E-state index contributed by atoms with van der Waals surface area (Å²) in [5.74, 6) is -0.297. The summed E-state index contributed by atoms with van der Waals surface area (Å²) in [5, 5.41) is 0. The van der Waals surface area contributed by atoms with Gasteiger partial charge in [0, 0.05) is 6.08 Å². The number of carbonyl (C=O) groups is 1. The predicted octanol–water partition coefficient (Wildman–Crippen LogP) is 3.46. The highest BCUT2D eigenvalue weighted by atomic mass is 16.6. The standard InChI is InChI=1S/C12H22O2/c1-5-9-12(8-4,10-6-2)14-11(13)7-3/h7H,3,5-6,8-10H2,1-2,4H3. The van der Waals surface area contributed by atoms with Crippen molar-refractivity contribution in [1.82, 2.24) is 0 Å². The van der Waals surface area contributed by atoms with Crippen LogP contribution in [0.1, 0.15) is 52.9 Å². The molecule has 0 fully saturated rings. The molecule has 0 atom stereocenters. The van der Waals surface area contributed by atoms with E-state index in [1.54, 1.807) is 0 Å². The highest BCUT2D eigenvalue weighted by molar-refractivity contribution is 5.81. The fraction of sp³-hybridized carbons (Fsp3) is 0.750. The third-order valence-corrected chi connectivity index (χ3v) is 2.54. The second-order valence-corrected chi connectivity index (χ2v) is 3.66. The van der Waals surface area contributed by atoms with Crippen molar-refractivity contribution < 1.29 is 9.53 Å². The molecule has 14 heavy (non-hydrogen) atoms. The van der Waals surface area contributed by atoms with Crippen molar-refractivity contribution in [3.63, 3.8) is 0 Å². The Labute approximate surface area is 87.3 Å². The van der Waals surface area contributed by atoms with Crippen LogP contribution in [0.5, 0.6) is 0 Å². The fourth-order valence-electron chi connectivity index (χ4n) is 1.82. The van der Waals surface area contributed by atoms with Crippen LogP contribution >= 0.6 is 0 Å². The van der Waals surface area contributed by atoms with Crippen molar-refractivity contribution in [2.24, 2.45) is 0 Å². The van der Waals surface area contributed by atoms with Gasteiger partial charge in [0.15, 0.2) is 0 Å². The molecule has 2 nitrogen and oxygen atoms in total. The van der Waals surface area contributed by atoms with Crippen LogP contribution in [0.2, 0.25) is 0 Å². The Balaban J connectivity index is 4.46. The van der Waals surface area contributed by atoms with E-state index in [0.29, 0.717) is 0 Å². The van der Waals surface area contributed by atoms with E-state index in [-0.39, 0.29) is 11.6 Å². The van der Waals surface area contributed by atoms with Gasteiger partial charge in [0.05, 0.1) is 0 Å². The van der Waals surface area contributed by atoms with E-state index in [4.69, 9.17) is 4.74 Å². The first-order valence-corrected chi connectivity index (χ1v) is 5.49. The maximum absolute atomic E-state index is 11.2. The van der Waals surface area contributed by atoms with Gasteiger partial charge in [0.25, 0.3) is 0 Å². The van der Waals surface area contributed by atoms with Crippen molar-refractivity contribution in [3.8, 4) is 0 Å². The first kappa shape index (κ1) is 13.2. The molecule has 0 aliphatic heterocycles. The molecule has 0 saturated carbocycles. The van der Waals surface area contributed by atoms with Gasteiger partial charge in [-0.15, -0.1) is 0 Å². The van der Waals surface area contributed by atoms with Gasteiger partial charge in [-0.1, -0.05) is 40.2 Å². The van der Waals surface area contributed by atoms with Gasteiger partial charge in [-0.25, -0.2) is 4.79 Å². The molecule has 0 aliphatic rings. The molecule has 0 bridgehead atoms. The molecule has 0 radical (unpaired) electrons. The largest absolute Gasteiger partial charge is 0.456 e. The van der Waals surface area contributed by atoms with E-state index < -0.39 is 0 Å². The van der Waals surface area contributed by atoms with Gasteiger partial charge in [-0.05, 0) is 19.3 Å². The molecule has 0 saturated heterocycles. The summed E-state index contributed by atoms with van der Waals surface area (Å²) in [6.07, 6.45) is 6.09. The Morgan fingerprint density at radius 3 is 2.07 bits per heavy atom. The SMILES string of the molecule is C=CC(=O)OC(CC)(CCC)CCC. The van der Waals surface area contributed by atoms with Crippen LogP contribution in [-0.4, -0.2) is 11.6 Å². The highest BCUT2D eigenvalue weighted by Gasteiger charge is 2.29. The molecule has 0 aromatic rings. The second kappa shape index (κ2) is 6.63. The minimum atomic E-state index is -0.297. The average molecular weight is 198 g/mol. The lowest BCUT2D eigenvalue weighted by molar-refractivity contribution is -0.155. The Hall–Kier alpha value is -0.790. The maximum atomic E-state index is 11.2. The summed E-state index contributed by atoms with van der Waals surface area (Å²) in [6, 6.07) is 0. The fourth-order valence-corrected chi connectivity index (χ4v) is 1.82.